The molecule has 0 fully saturated rings. The number of benzene rings is 2. The van der Waals surface area contributed by atoms with Crippen LogP contribution >= 0.6 is 0 Å². The first-order valence-electron chi connectivity index (χ1n) is 6.85. The zero-order valence-electron chi connectivity index (χ0n) is 11.8. The molecule has 3 heteroatoms. The first kappa shape index (κ1) is 14.4. The molecule has 0 spiro atoms. The molecule has 2 aromatic carbocycles. The van der Waals surface area contributed by atoms with Gasteiger partial charge in [0.1, 0.15) is 5.75 Å². The van der Waals surface area contributed by atoms with Crippen LogP contribution in [-0.4, -0.2) is 12.2 Å². The van der Waals surface area contributed by atoms with Crippen molar-refractivity contribution in [2.75, 3.05) is 7.11 Å². The third kappa shape index (κ3) is 2.92. The minimum atomic E-state index is -0.730. The maximum absolute atomic E-state index is 10.3. The van der Waals surface area contributed by atoms with Crippen molar-refractivity contribution in [2.24, 2.45) is 5.92 Å². The summed E-state index contributed by atoms with van der Waals surface area (Å²) in [5, 5.41) is 21.6. The predicted octanol–water partition coefficient (Wildman–Crippen LogP) is 3.82. The van der Waals surface area contributed by atoms with Gasteiger partial charge < -0.3 is 9.84 Å². The molecule has 20 heavy (non-hydrogen) atoms. The Bertz CT molecular complexity index is 630. The Morgan fingerprint density at radius 3 is 2.55 bits per heavy atom. The van der Waals surface area contributed by atoms with Crippen LogP contribution in [0.5, 0.6) is 5.75 Å². The van der Waals surface area contributed by atoms with Crippen LogP contribution in [0, 0.1) is 17.2 Å². The zero-order valence-corrected chi connectivity index (χ0v) is 11.8. The van der Waals surface area contributed by atoms with Gasteiger partial charge in [-0.05, 0) is 41.0 Å². The van der Waals surface area contributed by atoms with Crippen LogP contribution in [0.3, 0.4) is 0 Å². The minimum Gasteiger partial charge on any atom is -0.497 e. The van der Waals surface area contributed by atoms with E-state index in [2.05, 4.69) is 6.07 Å². The van der Waals surface area contributed by atoms with Gasteiger partial charge in [-0.2, -0.15) is 5.26 Å². The summed E-state index contributed by atoms with van der Waals surface area (Å²) in [6.45, 7) is 2.02. The molecule has 2 atom stereocenters. The van der Waals surface area contributed by atoms with E-state index >= 15 is 0 Å². The third-order valence-electron chi connectivity index (χ3n) is 3.56. The number of aliphatic hydroxyl groups excluding tert-OH is 1. The lowest BCUT2D eigenvalue weighted by Gasteiger charge is -2.17. The van der Waals surface area contributed by atoms with Gasteiger partial charge in [-0.1, -0.05) is 31.5 Å². The van der Waals surface area contributed by atoms with E-state index in [9.17, 15) is 5.11 Å². The predicted molar refractivity (Wildman–Crippen MR) is 79.5 cm³/mol. The molecule has 0 radical (unpaired) electrons. The van der Waals surface area contributed by atoms with E-state index in [4.69, 9.17) is 10.00 Å². The molecule has 0 heterocycles. The summed E-state index contributed by atoms with van der Waals surface area (Å²) >= 11 is 0. The lowest BCUT2D eigenvalue weighted by Crippen LogP contribution is -2.10. The summed E-state index contributed by atoms with van der Waals surface area (Å²) in [6.07, 6.45) is 0.865. The topological polar surface area (TPSA) is 53.2 Å². The largest absolute Gasteiger partial charge is 0.497 e. The molecule has 0 aliphatic heterocycles. The van der Waals surface area contributed by atoms with Crippen LogP contribution in [-0.2, 0) is 0 Å². The normalized spacial score (nSPS) is 13.7. The van der Waals surface area contributed by atoms with Crippen LogP contribution in [0.25, 0.3) is 10.8 Å². The van der Waals surface area contributed by atoms with Crippen LogP contribution in [0.4, 0.5) is 0 Å². The highest BCUT2D eigenvalue weighted by Crippen LogP contribution is 2.29. The van der Waals surface area contributed by atoms with Crippen molar-refractivity contribution >= 4 is 10.8 Å². The molecule has 0 aromatic heterocycles. The molecule has 0 amide bonds. The van der Waals surface area contributed by atoms with E-state index in [-0.39, 0.29) is 5.92 Å². The van der Waals surface area contributed by atoms with Crippen LogP contribution in [0.1, 0.15) is 31.4 Å². The fraction of sp³-hybridized carbons (Fsp3) is 0.353. The highest BCUT2D eigenvalue weighted by atomic mass is 16.5. The van der Waals surface area contributed by atoms with Crippen LogP contribution < -0.4 is 4.74 Å². The molecule has 0 bridgehead atoms. The van der Waals surface area contributed by atoms with Gasteiger partial charge in [0, 0.05) is 0 Å². The van der Waals surface area contributed by atoms with E-state index in [1.165, 1.54) is 0 Å². The third-order valence-corrected chi connectivity index (χ3v) is 3.56. The summed E-state index contributed by atoms with van der Waals surface area (Å²) in [7, 11) is 1.64. The number of rotatable bonds is 5. The number of methoxy groups -OCH3 is 1. The van der Waals surface area contributed by atoms with Gasteiger partial charge in [-0.15, -0.1) is 0 Å². The van der Waals surface area contributed by atoms with Gasteiger partial charge in [-0.3, -0.25) is 0 Å². The number of hydrogen-bond acceptors (Lipinski definition) is 3. The van der Waals surface area contributed by atoms with Crippen LogP contribution in [0.15, 0.2) is 36.4 Å². The second-order valence-electron chi connectivity index (χ2n) is 4.94. The number of hydrogen-bond donors (Lipinski definition) is 1. The minimum absolute atomic E-state index is 0.351. The second-order valence-corrected chi connectivity index (χ2v) is 4.94. The van der Waals surface area contributed by atoms with E-state index < -0.39 is 6.10 Å². The smallest absolute Gasteiger partial charge is 0.119 e. The Labute approximate surface area is 119 Å². The number of aliphatic hydroxyl groups is 1. The first-order chi connectivity index (χ1) is 9.69. The summed E-state index contributed by atoms with van der Waals surface area (Å²) in [4.78, 5) is 0. The quantitative estimate of drug-likeness (QED) is 0.897. The van der Waals surface area contributed by atoms with Crippen molar-refractivity contribution in [3.05, 3.63) is 42.0 Å². The number of ether oxygens (including phenoxy) is 1. The van der Waals surface area contributed by atoms with E-state index in [1.807, 2.05) is 43.3 Å². The van der Waals surface area contributed by atoms with Gasteiger partial charge in [0.2, 0.25) is 0 Å². The van der Waals surface area contributed by atoms with Crippen molar-refractivity contribution < 1.29 is 9.84 Å². The van der Waals surface area contributed by atoms with Gasteiger partial charge in [0.25, 0.3) is 0 Å². The number of nitrogens with zero attached hydrogens (tertiary/aromatic N) is 1. The maximum Gasteiger partial charge on any atom is 0.119 e. The number of fused-ring (bicyclic) bond motifs is 1. The zero-order chi connectivity index (χ0) is 14.5. The SMILES string of the molecule is CCCC(C#N)C(O)c1ccc2cc(OC)ccc2c1. The van der Waals surface area contributed by atoms with Gasteiger partial charge >= 0.3 is 0 Å². The lowest BCUT2D eigenvalue weighted by molar-refractivity contribution is 0.130. The molecular weight excluding hydrogens is 250 g/mol. The van der Waals surface area contributed by atoms with E-state index in [0.717, 1.165) is 28.5 Å². The molecular formula is C17H19NO2. The molecule has 3 nitrogen and oxygen atoms in total. The van der Waals surface area contributed by atoms with Crippen molar-refractivity contribution in [2.45, 2.75) is 25.9 Å². The number of nitriles is 1. The summed E-state index contributed by atoms with van der Waals surface area (Å²) in [5.74, 6) is 0.461. The summed E-state index contributed by atoms with van der Waals surface area (Å²) < 4.78 is 5.20. The van der Waals surface area contributed by atoms with Crippen molar-refractivity contribution in [1.82, 2.24) is 0 Å². The van der Waals surface area contributed by atoms with Crippen molar-refractivity contribution in [1.29, 1.82) is 5.26 Å². The highest BCUT2D eigenvalue weighted by molar-refractivity contribution is 5.84. The van der Waals surface area contributed by atoms with Gasteiger partial charge in [-0.25, -0.2) is 0 Å². The second kappa shape index (κ2) is 6.40. The van der Waals surface area contributed by atoms with E-state index in [1.54, 1.807) is 7.11 Å². The van der Waals surface area contributed by atoms with Crippen molar-refractivity contribution in [3.63, 3.8) is 0 Å². The maximum atomic E-state index is 10.3. The fourth-order valence-corrected chi connectivity index (χ4v) is 2.39. The summed E-state index contributed by atoms with van der Waals surface area (Å²) in [5.41, 5.74) is 0.794. The van der Waals surface area contributed by atoms with Gasteiger partial charge in [0.05, 0.1) is 25.2 Å². The Hall–Kier alpha value is -2.05. The molecule has 104 valence electrons. The molecule has 2 unspecified atom stereocenters. The standard InChI is InChI=1S/C17H19NO2/c1-3-4-15(11-18)17(19)14-6-5-13-10-16(20-2)8-7-12(13)9-14/h5-10,15,17,19H,3-4H2,1-2H3. The summed E-state index contributed by atoms with van der Waals surface area (Å²) in [6, 6.07) is 13.8. The Kier molecular flexibility index (Phi) is 4.60. The molecule has 2 rings (SSSR count). The Morgan fingerprint density at radius 2 is 1.90 bits per heavy atom. The molecule has 1 N–H and O–H groups in total. The van der Waals surface area contributed by atoms with Gasteiger partial charge in [0.15, 0.2) is 0 Å². The Morgan fingerprint density at radius 1 is 1.20 bits per heavy atom. The van der Waals surface area contributed by atoms with E-state index in [0.29, 0.717) is 6.42 Å². The molecule has 0 saturated carbocycles. The molecule has 0 aliphatic carbocycles. The molecule has 0 aliphatic rings. The fourth-order valence-electron chi connectivity index (χ4n) is 2.39. The molecule has 2 aromatic rings. The van der Waals surface area contributed by atoms with Crippen LogP contribution in [0.2, 0.25) is 0 Å². The molecule has 0 saturated heterocycles. The first-order valence-corrected chi connectivity index (χ1v) is 6.85. The average Bonchev–Trinajstić information content (AvgIpc) is 2.50. The lowest BCUT2D eigenvalue weighted by atomic mass is 9.92. The Balaban J connectivity index is 2.34. The monoisotopic (exact) mass is 269 g/mol. The average molecular weight is 269 g/mol. The van der Waals surface area contributed by atoms with Crippen molar-refractivity contribution in [3.8, 4) is 11.8 Å². The highest BCUT2D eigenvalue weighted by Gasteiger charge is 2.19.